The van der Waals surface area contributed by atoms with Crippen molar-refractivity contribution in [3.8, 4) is 0 Å². The van der Waals surface area contributed by atoms with E-state index in [0.29, 0.717) is 5.92 Å². The molecule has 0 aromatic rings. The second-order valence-corrected chi connectivity index (χ2v) is 6.38. The Labute approximate surface area is 98.1 Å². The van der Waals surface area contributed by atoms with E-state index < -0.39 is 0 Å². The predicted molar refractivity (Wildman–Crippen MR) is 63.1 cm³/mol. The van der Waals surface area contributed by atoms with Gasteiger partial charge < -0.3 is 9.47 Å². The van der Waals surface area contributed by atoms with E-state index in [0.717, 1.165) is 13.2 Å². The summed E-state index contributed by atoms with van der Waals surface area (Å²) in [4.78, 5) is 0. The van der Waals surface area contributed by atoms with Crippen LogP contribution in [0.25, 0.3) is 0 Å². The number of ether oxygens (including phenoxy) is 2. The molecule has 2 atom stereocenters. The summed E-state index contributed by atoms with van der Waals surface area (Å²) in [6, 6.07) is 0. The van der Waals surface area contributed by atoms with Crippen molar-refractivity contribution in [2.45, 2.75) is 58.2 Å². The van der Waals surface area contributed by atoms with E-state index in [-0.39, 0.29) is 23.5 Å². The fraction of sp³-hybridized carbons (Fsp3) is 1.00. The fourth-order valence-electron chi connectivity index (χ4n) is 2.26. The maximum Gasteiger partial charge on any atom is 0.115 e. The van der Waals surface area contributed by atoms with Gasteiger partial charge in [0.05, 0.1) is 13.2 Å². The van der Waals surface area contributed by atoms with Crippen LogP contribution in [0.15, 0.2) is 0 Å². The second-order valence-electron chi connectivity index (χ2n) is 6.38. The first-order valence-corrected chi connectivity index (χ1v) is 6.08. The summed E-state index contributed by atoms with van der Waals surface area (Å²) >= 11 is 0. The highest BCUT2D eigenvalue weighted by Gasteiger charge is 2.41. The molecule has 2 rings (SSSR count). The summed E-state index contributed by atoms with van der Waals surface area (Å²) in [7, 11) is 0. The topological polar surface area (TPSA) is 42.5 Å². The van der Waals surface area contributed by atoms with Crippen LogP contribution in [0.2, 0.25) is 0 Å². The molecule has 2 saturated heterocycles. The summed E-state index contributed by atoms with van der Waals surface area (Å²) in [5.41, 5.74) is 0.153. The van der Waals surface area contributed by atoms with Crippen LogP contribution in [-0.4, -0.2) is 36.7 Å². The van der Waals surface area contributed by atoms with Crippen molar-refractivity contribution in [2.24, 2.45) is 5.92 Å². The van der Waals surface area contributed by atoms with E-state index in [1.807, 2.05) is 0 Å². The van der Waals surface area contributed by atoms with E-state index in [2.05, 4.69) is 45.3 Å². The Hall–Kier alpha value is -0.160. The average molecular weight is 228 g/mol. The maximum atomic E-state index is 5.78. The van der Waals surface area contributed by atoms with Crippen molar-refractivity contribution in [1.82, 2.24) is 10.6 Å². The molecule has 0 aromatic heterocycles. The number of rotatable bonds is 2. The molecular weight excluding hydrogens is 204 g/mol. The average Bonchev–Trinajstić information content (AvgIpc) is 2.68. The minimum absolute atomic E-state index is 0.0764. The molecule has 2 aliphatic heterocycles. The summed E-state index contributed by atoms with van der Waals surface area (Å²) in [5.74, 6) is 0.309. The smallest absolute Gasteiger partial charge is 0.115 e. The third-order valence-corrected chi connectivity index (χ3v) is 3.27. The number of hydrogen-bond donors (Lipinski definition) is 2. The first-order chi connectivity index (χ1) is 7.29. The van der Waals surface area contributed by atoms with Gasteiger partial charge in [0.1, 0.15) is 12.5 Å². The minimum atomic E-state index is 0.0764. The van der Waals surface area contributed by atoms with Gasteiger partial charge in [0.2, 0.25) is 0 Å². The van der Waals surface area contributed by atoms with Crippen LogP contribution in [0.1, 0.15) is 34.6 Å². The van der Waals surface area contributed by atoms with Gasteiger partial charge in [0, 0.05) is 17.0 Å². The maximum absolute atomic E-state index is 5.78. The summed E-state index contributed by atoms with van der Waals surface area (Å²) in [6.45, 7) is 12.3. The highest BCUT2D eigenvalue weighted by atomic mass is 16.5. The van der Waals surface area contributed by atoms with E-state index in [1.165, 1.54) is 0 Å². The van der Waals surface area contributed by atoms with Crippen LogP contribution >= 0.6 is 0 Å². The summed E-state index contributed by atoms with van der Waals surface area (Å²) in [5, 5.41) is 6.98. The molecule has 2 aliphatic rings. The van der Waals surface area contributed by atoms with Gasteiger partial charge in [-0.15, -0.1) is 0 Å². The summed E-state index contributed by atoms with van der Waals surface area (Å²) < 4.78 is 11.6. The van der Waals surface area contributed by atoms with Crippen molar-refractivity contribution >= 4 is 0 Å². The van der Waals surface area contributed by atoms with E-state index >= 15 is 0 Å². The molecule has 4 nitrogen and oxygen atoms in total. The predicted octanol–water partition coefficient (Wildman–Crippen LogP) is 1.07. The molecule has 2 heterocycles. The molecule has 0 spiro atoms. The Morgan fingerprint density at radius 3 is 1.56 bits per heavy atom. The normalized spacial score (nSPS) is 38.8. The van der Waals surface area contributed by atoms with Gasteiger partial charge in [-0.05, 0) is 27.7 Å². The van der Waals surface area contributed by atoms with Crippen LogP contribution in [0.3, 0.4) is 0 Å². The van der Waals surface area contributed by atoms with Gasteiger partial charge in [-0.2, -0.15) is 0 Å². The Morgan fingerprint density at radius 2 is 1.31 bits per heavy atom. The van der Waals surface area contributed by atoms with Crippen LogP contribution in [0, 0.1) is 5.92 Å². The molecule has 4 heteroatoms. The molecule has 0 saturated carbocycles. The lowest BCUT2D eigenvalue weighted by molar-refractivity contribution is -0.0246. The molecule has 16 heavy (non-hydrogen) atoms. The SMILES string of the molecule is CC(C1NC(C)(C)CO1)C1NC(C)(C)CO1. The van der Waals surface area contributed by atoms with E-state index in [1.54, 1.807) is 0 Å². The number of nitrogens with one attached hydrogen (secondary N) is 2. The Balaban J connectivity index is 1.92. The van der Waals surface area contributed by atoms with Crippen molar-refractivity contribution in [3.63, 3.8) is 0 Å². The van der Waals surface area contributed by atoms with Crippen molar-refractivity contribution in [3.05, 3.63) is 0 Å². The molecule has 0 aromatic carbocycles. The zero-order valence-corrected chi connectivity index (χ0v) is 11.0. The lowest BCUT2D eigenvalue weighted by Gasteiger charge is -2.27. The zero-order chi connectivity index (χ0) is 12.0. The van der Waals surface area contributed by atoms with Gasteiger partial charge in [0.25, 0.3) is 0 Å². The first kappa shape index (κ1) is 12.3. The lowest BCUT2D eigenvalue weighted by atomic mass is 10.0. The van der Waals surface area contributed by atoms with Crippen molar-refractivity contribution < 1.29 is 9.47 Å². The van der Waals surface area contributed by atoms with Crippen LogP contribution in [0.4, 0.5) is 0 Å². The highest BCUT2D eigenvalue weighted by Crippen LogP contribution is 2.26. The van der Waals surface area contributed by atoms with Gasteiger partial charge in [-0.1, -0.05) is 6.92 Å². The second kappa shape index (κ2) is 3.95. The van der Waals surface area contributed by atoms with Crippen LogP contribution < -0.4 is 10.6 Å². The highest BCUT2D eigenvalue weighted by molar-refractivity contribution is 4.92. The number of hydrogen-bond acceptors (Lipinski definition) is 4. The Kier molecular flexibility index (Phi) is 3.03. The lowest BCUT2D eigenvalue weighted by Crippen LogP contribution is -2.49. The Morgan fingerprint density at radius 1 is 0.938 bits per heavy atom. The fourth-order valence-corrected chi connectivity index (χ4v) is 2.26. The molecule has 0 bridgehead atoms. The van der Waals surface area contributed by atoms with Gasteiger partial charge in [0.15, 0.2) is 0 Å². The third kappa shape index (κ3) is 2.56. The molecular formula is C12H24N2O2. The summed E-state index contributed by atoms with van der Waals surface area (Å²) in [6.07, 6.45) is 0.169. The zero-order valence-electron chi connectivity index (χ0n) is 11.0. The standard InChI is InChI=1S/C12H24N2O2/c1-8(9-13-11(2,3)6-15-9)10-14-12(4,5)7-16-10/h8-10,13-14H,6-7H2,1-5H3. The van der Waals surface area contributed by atoms with Gasteiger partial charge in [-0.25, -0.2) is 0 Å². The molecule has 0 aliphatic carbocycles. The monoisotopic (exact) mass is 228 g/mol. The Bertz CT molecular complexity index is 240. The van der Waals surface area contributed by atoms with E-state index in [9.17, 15) is 0 Å². The van der Waals surface area contributed by atoms with Crippen LogP contribution in [0.5, 0.6) is 0 Å². The van der Waals surface area contributed by atoms with Crippen molar-refractivity contribution in [2.75, 3.05) is 13.2 Å². The van der Waals surface area contributed by atoms with Gasteiger partial charge in [-0.3, -0.25) is 10.6 Å². The van der Waals surface area contributed by atoms with Crippen molar-refractivity contribution in [1.29, 1.82) is 0 Å². The van der Waals surface area contributed by atoms with Gasteiger partial charge >= 0.3 is 0 Å². The molecule has 2 fully saturated rings. The largest absolute Gasteiger partial charge is 0.361 e. The first-order valence-electron chi connectivity index (χ1n) is 6.08. The quantitative estimate of drug-likeness (QED) is 0.742. The van der Waals surface area contributed by atoms with Crippen LogP contribution in [-0.2, 0) is 9.47 Å². The molecule has 94 valence electrons. The molecule has 2 N–H and O–H groups in total. The molecule has 2 unspecified atom stereocenters. The molecule has 0 radical (unpaired) electrons. The minimum Gasteiger partial charge on any atom is -0.361 e. The molecule has 0 amide bonds. The van der Waals surface area contributed by atoms with E-state index in [4.69, 9.17) is 9.47 Å². The third-order valence-electron chi connectivity index (χ3n) is 3.27.